The summed E-state index contributed by atoms with van der Waals surface area (Å²) >= 11 is 1.77. The molecule has 0 saturated carbocycles. The molecule has 1 aromatic heterocycles. The number of carbonyl (C=O) groups is 1. The van der Waals surface area contributed by atoms with Crippen LogP contribution in [0.3, 0.4) is 0 Å². The Labute approximate surface area is 144 Å². The maximum Gasteiger partial charge on any atom is 0.227 e. The van der Waals surface area contributed by atoms with Gasteiger partial charge in [-0.05, 0) is 39.1 Å². The summed E-state index contributed by atoms with van der Waals surface area (Å²) in [5.41, 5.74) is -0.516. The van der Waals surface area contributed by atoms with E-state index in [1.807, 2.05) is 27.7 Å². The number of hydrogen-bond acceptors (Lipinski definition) is 3. The van der Waals surface area contributed by atoms with Crippen molar-refractivity contribution < 1.29 is 4.79 Å². The molecule has 5 nitrogen and oxygen atoms in total. The van der Waals surface area contributed by atoms with Gasteiger partial charge in [-0.2, -0.15) is 0 Å². The monoisotopic (exact) mass is 338 g/mol. The highest BCUT2D eigenvalue weighted by Gasteiger charge is 2.26. The van der Waals surface area contributed by atoms with Gasteiger partial charge >= 0.3 is 0 Å². The van der Waals surface area contributed by atoms with Crippen LogP contribution in [-0.4, -0.2) is 38.0 Å². The van der Waals surface area contributed by atoms with Crippen LogP contribution in [0, 0.1) is 5.41 Å². The molecule has 0 radical (unpaired) electrons. The lowest BCUT2D eigenvalue weighted by Gasteiger charge is -2.22. The van der Waals surface area contributed by atoms with Gasteiger partial charge in [0.2, 0.25) is 5.91 Å². The summed E-state index contributed by atoms with van der Waals surface area (Å²) in [6.45, 7) is 12.7. The van der Waals surface area contributed by atoms with Crippen molar-refractivity contribution >= 4 is 23.2 Å². The van der Waals surface area contributed by atoms with Gasteiger partial charge in [0.15, 0.2) is 5.96 Å². The van der Waals surface area contributed by atoms with Crippen molar-refractivity contribution in [1.82, 2.24) is 16.0 Å². The maximum absolute atomic E-state index is 12.0. The minimum absolute atomic E-state index is 0.0338. The van der Waals surface area contributed by atoms with Crippen molar-refractivity contribution in [2.75, 3.05) is 26.2 Å². The van der Waals surface area contributed by atoms with E-state index in [9.17, 15) is 4.79 Å². The van der Waals surface area contributed by atoms with E-state index >= 15 is 0 Å². The van der Waals surface area contributed by atoms with Gasteiger partial charge in [0.1, 0.15) is 0 Å². The number of hydrogen-bond donors (Lipinski definition) is 3. The summed E-state index contributed by atoms with van der Waals surface area (Å²) in [7, 11) is 0. The Hall–Kier alpha value is -1.56. The predicted octanol–water partition coefficient (Wildman–Crippen LogP) is 2.57. The molecule has 3 N–H and O–H groups in total. The van der Waals surface area contributed by atoms with Crippen LogP contribution in [0.1, 0.15) is 45.4 Å². The first-order valence-corrected chi connectivity index (χ1v) is 9.12. The molecule has 1 unspecified atom stereocenters. The molecular formula is C17H30N4OS. The van der Waals surface area contributed by atoms with Crippen LogP contribution in [0.2, 0.25) is 0 Å². The SMILES string of the molecule is CCNC(=O)C(C)(C)CN=C(NCC)NCC(C)c1cccs1. The van der Waals surface area contributed by atoms with E-state index in [1.165, 1.54) is 4.88 Å². The molecule has 0 aliphatic rings. The summed E-state index contributed by atoms with van der Waals surface area (Å²) in [5, 5.41) is 11.6. The molecule has 0 aromatic carbocycles. The number of thiophene rings is 1. The molecule has 0 saturated heterocycles. The lowest BCUT2D eigenvalue weighted by atomic mass is 9.92. The van der Waals surface area contributed by atoms with Gasteiger partial charge in [0.25, 0.3) is 0 Å². The van der Waals surface area contributed by atoms with Crippen molar-refractivity contribution in [2.45, 2.75) is 40.5 Å². The van der Waals surface area contributed by atoms with E-state index in [4.69, 9.17) is 0 Å². The molecule has 1 amide bonds. The third kappa shape index (κ3) is 6.60. The predicted molar refractivity (Wildman–Crippen MR) is 99.2 cm³/mol. The van der Waals surface area contributed by atoms with Crippen molar-refractivity contribution in [3.05, 3.63) is 22.4 Å². The van der Waals surface area contributed by atoms with Crippen molar-refractivity contribution in [3.8, 4) is 0 Å². The fraction of sp³-hybridized carbons (Fsp3) is 0.647. The highest BCUT2D eigenvalue weighted by molar-refractivity contribution is 7.10. The fourth-order valence-corrected chi connectivity index (χ4v) is 2.80. The highest BCUT2D eigenvalue weighted by Crippen LogP contribution is 2.19. The fourth-order valence-electron chi connectivity index (χ4n) is 2.01. The summed E-state index contributed by atoms with van der Waals surface area (Å²) in [6, 6.07) is 4.23. The number of nitrogens with one attached hydrogen (secondary N) is 3. The number of guanidine groups is 1. The summed E-state index contributed by atoms with van der Waals surface area (Å²) in [4.78, 5) is 18.0. The van der Waals surface area contributed by atoms with Crippen molar-refractivity contribution in [2.24, 2.45) is 10.4 Å². The van der Waals surface area contributed by atoms with Gasteiger partial charge < -0.3 is 16.0 Å². The zero-order valence-corrected chi connectivity index (χ0v) is 15.7. The van der Waals surface area contributed by atoms with Gasteiger partial charge in [-0.3, -0.25) is 9.79 Å². The molecule has 1 aromatic rings. The van der Waals surface area contributed by atoms with Gasteiger partial charge in [-0.15, -0.1) is 11.3 Å². The quantitative estimate of drug-likeness (QED) is 0.504. The van der Waals surface area contributed by atoms with Crippen molar-refractivity contribution in [1.29, 1.82) is 0 Å². The van der Waals surface area contributed by atoms with Crippen LogP contribution in [0.5, 0.6) is 0 Å². The first kappa shape index (κ1) is 19.5. The second-order valence-corrected chi connectivity index (χ2v) is 7.22. The molecule has 1 rings (SSSR count). The van der Waals surface area contributed by atoms with Crippen LogP contribution in [-0.2, 0) is 4.79 Å². The van der Waals surface area contributed by atoms with Gasteiger partial charge in [0.05, 0.1) is 12.0 Å². The summed E-state index contributed by atoms with van der Waals surface area (Å²) in [5.74, 6) is 1.22. The largest absolute Gasteiger partial charge is 0.357 e. The number of amides is 1. The number of nitrogens with zero attached hydrogens (tertiary/aromatic N) is 1. The molecule has 0 aliphatic carbocycles. The zero-order valence-electron chi connectivity index (χ0n) is 14.9. The van der Waals surface area contributed by atoms with Gasteiger partial charge in [0, 0.05) is 30.4 Å². The molecule has 6 heteroatoms. The van der Waals surface area contributed by atoms with E-state index in [-0.39, 0.29) is 5.91 Å². The number of carbonyl (C=O) groups excluding carboxylic acids is 1. The summed E-state index contributed by atoms with van der Waals surface area (Å²) < 4.78 is 0. The van der Waals surface area contributed by atoms with Crippen LogP contribution >= 0.6 is 11.3 Å². The smallest absolute Gasteiger partial charge is 0.227 e. The molecule has 23 heavy (non-hydrogen) atoms. The number of aliphatic imine (C=N–C) groups is 1. The van der Waals surface area contributed by atoms with Gasteiger partial charge in [-0.1, -0.05) is 13.0 Å². The second-order valence-electron chi connectivity index (χ2n) is 6.24. The lowest BCUT2D eigenvalue weighted by Crippen LogP contribution is -2.42. The average Bonchev–Trinajstić information content (AvgIpc) is 3.04. The second kappa shape index (κ2) is 9.55. The third-order valence-electron chi connectivity index (χ3n) is 3.53. The van der Waals surface area contributed by atoms with Crippen LogP contribution in [0.25, 0.3) is 0 Å². The van der Waals surface area contributed by atoms with E-state index in [0.717, 1.165) is 19.0 Å². The molecule has 1 atom stereocenters. The van der Waals surface area contributed by atoms with Crippen LogP contribution in [0.4, 0.5) is 0 Å². The van der Waals surface area contributed by atoms with E-state index in [2.05, 4.69) is 45.4 Å². The Bertz CT molecular complexity index is 497. The molecule has 0 fully saturated rings. The minimum atomic E-state index is -0.516. The summed E-state index contributed by atoms with van der Waals surface area (Å²) in [6.07, 6.45) is 0. The van der Waals surface area contributed by atoms with E-state index in [1.54, 1.807) is 11.3 Å². The third-order valence-corrected chi connectivity index (χ3v) is 4.64. The standard InChI is InChI=1S/C17H30N4OS/c1-6-18-15(22)17(4,5)12-21-16(19-7-2)20-11-13(3)14-9-8-10-23-14/h8-10,13H,6-7,11-12H2,1-5H3,(H,18,22)(H2,19,20,21). The van der Waals surface area contributed by atoms with Crippen molar-refractivity contribution in [3.63, 3.8) is 0 Å². The lowest BCUT2D eigenvalue weighted by molar-refractivity contribution is -0.128. The Morgan fingerprint density at radius 1 is 1.26 bits per heavy atom. The average molecular weight is 339 g/mol. The van der Waals surface area contributed by atoms with E-state index < -0.39 is 5.41 Å². The maximum atomic E-state index is 12.0. The molecule has 0 aliphatic heterocycles. The molecule has 0 spiro atoms. The molecule has 130 valence electrons. The van der Waals surface area contributed by atoms with Crippen LogP contribution in [0.15, 0.2) is 22.5 Å². The Balaban J connectivity index is 2.60. The first-order chi connectivity index (χ1) is 10.9. The topological polar surface area (TPSA) is 65.5 Å². The Morgan fingerprint density at radius 3 is 2.52 bits per heavy atom. The Kier molecular flexibility index (Phi) is 8.09. The van der Waals surface area contributed by atoms with Gasteiger partial charge in [-0.25, -0.2) is 0 Å². The number of rotatable bonds is 8. The minimum Gasteiger partial charge on any atom is -0.357 e. The first-order valence-electron chi connectivity index (χ1n) is 8.24. The van der Waals surface area contributed by atoms with Crippen LogP contribution < -0.4 is 16.0 Å². The molecule has 0 bridgehead atoms. The highest BCUT2D eigenvalue weighted by atomic mass is 32.1. The molecule has 1 heterocycles. The zero-order chi connectivity index (χ0) is 17.3. The Morgan fingerprint density at radius 2 is 1.96 bits per heavy atom. The normalized spacial score (nSPS) is 13.5. The van der Waals surface area contributed by atoms with E-state index in [0.29, 0.717) is 19.0 Å². The molecular weight excluding hydrogens is 308 g/mol.